The van der Waals surface area contributed by atoms with E-state index in [1.54, 1.807) is 6.92 Å². The Morgan fingerprint density at radius 1 is 1.25 bits per heavy atom. The number of hydrogen-bond acceptors (Lipinski definition) is 0. The Morgan fingerprint density at radius 3 is 1.42 bits per heavy atom. The second-order valence-electron chi connectivity index (χ2n) is 2.78. The van der Waals surface area contributed by atoms with Crippen molar-refractivity contribution in [3.05, 3.63) is 12.2 Å². The number of hydrogen-bond donors (Lipinski definition) is 0. The third kappa shape index (κ3) is 210. The Kier molecular flexibility index (Phi) is 33.5. The largest absolute Gasteiger partial charge is 0.0654 e. The minimum absolute atomic E-state index is 1.17. The summed E-state index contributed by atoms with van der Waals surface area (Å²) >= 11 is 0. The van der Waals surface area contributed by atoms with E-state index in [1.807, 2.05) is 13.8 Å². The molecule has 0 amide bonds. The van der Waals surface area contributed by atoms with Gasteiger partial charge >= 0.3 is 21.2 Å². The first-order valence-electron chi connectivity index (χ1n) is 4.49. The molecule has 0 aromatic rings. The summed E-state index contributed by atoms with van der Waals surface area (Å²) in [6.45, 7) is 13.7. The van der Waals surface area contributed by atoms with Crippen LogP contribution in [0.1, 0.15) is 53.9 Å². The van der Waals surface area contributed by atoms with E-state index in [0.717, 1.165) is 0 Å². The van der Waals surface area contributed by atoms with Crippen molar-refractivity contribution in [1.29, 1.82) is 0 Å². The first-order chi connectivity index (χ1) is 5.56. The van der Waals surface area contributed by atoms with E-state index in [-0.39, 0.29) is 0 Å². The summed E-state index contributed by atoms with van der Waals surface area (Å²) in [5, 5.41) is 0. The van der Waals surface area contributed by atoms with E-state index in [4.69, 9.17) is 0 Å². The van der Waals surface area contributed by atoms with Gasteiger partial charge < -0.3 is 0 Å². The fraction of sp³-hybridized carbons (Fsp3) is 0.727. The van der Waals surface area contributed by atoms with Gasteiger partial charge in [0, 0.05) is 0 Å². The van der Waals surface area contributed by atoms with Crippen LogP contribution in [0.3, 0.4) is 0 Å². The summed E-state index contributed by atoms with van der Waals surface area (Å²) in [4.78, 5) is 0. The normalized spacial score (nSPS) is 6.33. The van der Waals surface area contributed by atoms with Gasteiger partial charge in [-0.1, -0.05) is 38.7 Å². The summed E-state index contributed by atoms with van der Waals surface area (Å²) < 4.78 is 0. The maximum absolute atomic E-state index is 3.56. The number of rotatable bonds is 2. The van der Waals surface area contributed by atoms with Crippen molar-refractivity contribution in [1.82, 2.24) is 0 Å². The molecule has 0 aliphatic rings. The van der Waals surface area contributed by atoms with Crippen LogP contribution >= 0.6 is 8.70 Å². The topological polar surface area (TPSA) is 0 Å². The van der Waals surface area contributed by atoms with E-state index in [1.165, 1.54) is 24.8 Å². The zero-order valence-electron chi connectivity index (χ0n) is 9.28. The molecule has 0 saturated heterocycles. The van der Waals surface area contributed by atoms with Gasteiger partial charge in [-0.25, -0.2) is 0 Å². The van der Waals surface area contributed by atoms with Gasteiger partial charge in [0.1, 0.15) is 0 Å². The summed E-state index contributed by atoms with van der Waals surface area (Å²) in [7, 11) is 3.54. The van der Waals surface area contributed by atoms with Crippen molar-refractivity contribution in [2.45, 2.75) is 53.9 Å². The van der Waals surface area contributed by atoms with Gasteiger partial charge in [0.05, 0.1) is 0 Å². The predicted octanol–water partition coefficient (Wildman–Crippen LogP) is 5.15. The minimum Gasteiger partial charge on any atom is -0.0654 e. The molecule has 0 bridgehead atoms. The van der Waals surface area contributed by atoms with Gasteiger partial charge in [-0.3, -0.25) is 0 Å². The van der Waals surface area contributed by atoms with Gasteiger partial charge in [0.15, 0.2) is 0 Å². The maximum Gasteiger partial charge on any atom is -0.0538 e. The average molecular weight is 186 g/mol. The molecule has 0 atom stereocenters. The van der Waals surface area contributed by atoms with Crippen molar-refractivity contribution in [2.24, 2.45) is 0 Å². The zero-order chi connectivity index (χ0) is 10.4. The average Bonchev–Trinajstić information content (AvgIpc) is 1.89. The second kappa shape index (κ2) is 22.4. The fourth-order valence-corrected chi connectivity index (χ4v) is 0.354. The van der Waals surface area contributed by atoms with Crippen LogP contribution in [0.15, 0.2) is 12.2 Å². The molecule has 0 aliphatic heterocycles. The molecule has 0 rings (SSSR count). The molecule has 0 heterocycles. The van der Waals surface area contributed by atoms with Gasteiger partial charge in [-0.2, -0.15) is 0 Å². The van der Waals surface area contributed by atoms with E-state index in [9.17, 15) is 0 Å². The summed E-state index contributed by atoms with van der Waals surface area (Å²) in [6, 6.07) is 0. The molecule has 0 aromatic carbocycles. The van der Waals surface area contributed by atoms with Crippen molar-refractivity contribution in [3.63, 3.8) is 0 Å². The molecular weight excluding hydrogens is 163 g/mol. The maximum atomic E-state index is 3.56. The third-order valence-electron chi connectivity index (χ3n) is 0.707. The first-order valence-corrected chi connectivity index (χ1v) is 4.94. The van der Waals surface area contributed by atoms with E-state index in [0.29, 0.717) is 0 Å². The van der Waals surface area contributed by atoms with E-state index < -0.39 is 0 Å². The number of unbranched alkanes of at least 4 members (excludes halogenated alkanes) is 2. The van der Waals surface area contributed by atoms with Gasteiger partial charge in [0.25, 0.3) is 0 Å². The summed E-state index contributed by atoms with van der Waals surface area (Å²) in [6.07, 6.45) is 4.08. The Morgan fingerprint density at radius 2 is 1.42 bits per heavy atom. The molecule has 72 valence electrons. The predicted molar refractivity (Wildman–Crippen MR) is 62.2 cm³/mol. The second-order valence-corrected chi connectivity index (χ2v) is 3.23. The van der Waals surface area contributed by atoms with Crippen LogP contribution in [0.25, 0.3) is 0 Å². The Labute approximate surface area is 81.0 Å². The Bertz CT molecular complexity index is 103. The summed E-state index contributed by atoms with van der Waals surface area (Å²) in [5.41, 5.74) is 3.61. The van der Waals surface area contributed by atoms with Crippen molar-refractivity contribution in [2.75, 3.05) is 0 Å². The van der Waals surface area contributed by atoms with E-state index in [2.05, 4.69) is 34.7 Å². The standard InChI is InChI=1S/C5H12.C4H8.C2H3P/c1-3-5-4-2;1-4(2)3;1-2-3/h3-5H2,1-2H3;1H2,2-3H3;1H3. The first kappa shape index (κ1) is 17.9. The molecule has 0 saturated carbocycles. The molecular formula is C11H23P. The zero-order valence-corrected chi connectivity index (χ0v) is 10.2. The smallest absolute Gasteiger partial charge is 0.0538 e. The van der Waals surface area contributed by atoms with Crippen LogP contribution in [-0.2, 0) is 0 Å². The molecule has 0 spiro atoms. The molecule has 0 aromatic heterocycles. The van der Waals surface area contributed by atoms with Crippen LogP contribution in [0, 0.1) is 5.63 Å². The fourth-order valence-electron chi connectivity index (χ4n) is 0.354. The van der Waals surface area contributed by atoms with Crippen molar-refractivity contribution in [3.8, 4) is 5.63 Å². The summed E-state index contributed by atoms with van der Waals surface area (Å²) in [5.74, 6) is 0. The van der Waals surface area contributed by atoms with Crippen LogP contribution in [0.2, 0.25) is 0 Å². The van der Waals surface area contributed by atoms with Crippen molar-refractivity contribution >= 4 is 8.70 Å². The number of allylic oxidation sites excluding steroid dienone is 1. The molecule has 0 radical (unpaired) electrons. The Balaban J connectivity index is -0.000000105. The van der Waals surface area contributed by atoms with Gasteiger partial charge in [-0.05, 0) is 13.8 Å². The van der Waals surface area contributed by atoms with Crippen LogP contribution in [0.4, 0.5) is 0 Å². The van der Waals surface area contributed by atoms with Crippen molar-refractivity contribution < 1.29 is 0 Å². The molecule has 0 unspecified atom stereocenters. The monoisotopic (exact) mass is 186 g/mol. The molecule has 1 heteroatoms. The molecule has 0 aliphatic carbocycles. The Hall–Kier alpha value is -0.0500. The third-order valence-corrected chi connectivity index (χ3v) is 0.707. The molecule has 0 N–H and O–H groups in total. The van der Waals surface area contributed by atoms with Crippen LogP contribution in [0.5, 0.6) is 0 Å². The molecule has 0 nitrogen and oxygen atoms in total. The van der Waals surface area contributed by atoms with Gasteiger partial charge in [0.2, 0.25) is 0 Å². The quantitative estimate of drug-likeness (QED) is 0.413. The van der Waals surface area contributed by atoms with E-state index >= 15 is 0 Å². The SMILES string of the molecule is C=C(C)C.CC#P.CCCCC. The van der Waals surface area contributed by atoms with Crippen LogP contribution in [-0.4, -0.2) is 0 Å². The molecule has 0 fully saturated rings. The molecule has 12 heavy (non-hydrogen) atoms. The van der Waals surface area contributed by atoms with Crippen LogP contribution < -0.4 is 0 Å². The minimum atomic E-state index is 1.17. The van der Waals surface area contributed by atoms with Gasteiger partial charge in [-0.15, -0.1) is 6.58 Å².